The van der Waals surface area contributed by atoms with Gasteiger partial charge in [-0.15, -0.1) is 0 Å². The van der Waals surface area contributed by atoms with Crippen LogP contribution in [0.15, 0.2) is 48.5 Å². The second kappa shape index (κ2) is 11.9. The van der Waals surface area contributed by atoms with Gasteiger partial charge in [-0.2, -0.15) is 0 Å². The molecule has 7 nitrogen and oxygen atoms in total. The highest BCUT2D eigenvalue weighted by Gasteiger charge is 2.17. The molecule has 0 unspecified atom stereocenters. The number of nitrogens with one attached hydrogen (secondary N) is 4. The smallest absolute Gasteiger partial charge is 0.251 e. The molecule has 1 saturated carbocycles. The largest absolute Gasteiger partial charge is 0.376 e. The van der Waals surface area contributed by atoms with Gasteiger partial charge in [0.15, 0.2) is 0 Å². The predicted octanol–water partition coefficient (Wildman–Crippen LogP) is 3.94. The molecule has 0 saturated heterocycles. The molecule has 2 aromatic rings. The van der Waals surface area contributed by atoms with Gasteiger partial charge < -0.3 is 21.3 Å². The highest BCUT2D eigenvalue weighted by atomic mass is 16.2. The third kappa shape index (κ3) is 7.11. The van der Waals surface area contributed by atoms with Crippen LogP contribution in [0.5, 0.6) is 0 Å². The Hall–Kier alpha value is -3.35. The summed E-state index contributed by atoms with van der Waals surface area (Å²) in [7, 11) is 0. The summed E-state index contributed by atoms with van der Waals surface area (Å²) in [5.41, 5.74) is 2.33. The minimum absolute atomic E-state index is 0.0416. The molecule has 32 heavy (non-hydrogen) atoms. The molecule has 1 fully saturated rings. The minimum Gasteiger partial charge on any atom is -0.376 e. The van der Waals surface area contributed by atoms with Gasteiger partial charge in [0.1, 0.15) is 0 Å². The maximum atomic E-state index is 12.5. The predicted molar refractivity (Wildman–Crippen MR) is 127 cm³/mol. The van der Waals surface area contributed by atoms with Crippen LogP contribution in [-0.4, -0.2) is 36.9 Å². The summed E-state index contributed by atoms with van der Waals surface area (Å²) >= 11 is 0. The highest BCUT2D eigenvalue weighted by Crippen LogP contribution is 2.18. The quantitative estimate of drug-likeness (QED) is 0.478. The summed E-state index contributed by atoms with van der Waals surface area (Å²) in [6, 6.07) is 14.2. The Morgan fingerprint density at radius 1 is 0.875 bits per heavy atom. The number of amides is 3. The van der Waals surface area contributed by atoms with Crippen molar-refractivity contribution in [2.24, 2.45) is 0 Å². The standard InChI is InChI=1S/C25H32N4O3/c1-2-14-26-24(31)18-8-7-13-22(16-18)28-23(30)17-27-21-12-6-9-19(15-21)25(32)29-20-10-4-3-5-11-20/h6-9,12-13,15-16,20,27H,2-5,10-11,14,17H2,1H3,(H,26,31)(H,28,30)(H,29,32). The zero-order chi connectivity index (χ0) is 22.8. The molecule has 0 radical (unpaired) electrons. The number of benzene rings is 2. The van der Waals surface area contributed by atoms with Crippen LogP contribution in [0.3, 0.4) is 0 Å². The van der Waals surface area contributed by atoms with Gasteiger partial charge in [-0.25, -0.2) is 0 Å². The lowest BCUT2D eigenvalue weighted by Crippen LogP contribution is -2.36. The van der Waals surface area contributed by atoms with Crippen LogP contribution in [0.4, 0.5) is 11.4 Å². The van der Waals surface area contributed by atoms with Gasteiger partial charge in [-0.05, 0) is 55.7 Å². The number of carbonyl (C=O) groups excluding carboxylic acids is 3. The summed E-state index contributed by atoms with van der Waals surface area (Å²) in [6.45, 7) is 2.64. The van der Waals surface area contributed by atoms with E-state index in [0.717, 1.165) is 32.1 Å². The lowest BCUT2D eigenvalue weighted by molar-refractivity contribution is -0.114. The first-order chi connectivity index (χ1) is 15.5. The van der Waals surface area contributed by atoms with Crippen LogP contribution in [0.2, 0.25) is 0 Å². The molecule has 170 valence electrons. The van der Waals surface area contributed by atoms with Crippen molar-refractivity contribution in [2.75, 3.05) is 23.7 Å². The van der Waals surface area contributed by atoms with Crippen LogP contribution in [0, 0.1) is 0 Å². The second-order valence-electron chi connectivity index (χ2n) is 8.13. The normalized spacial score (nSPS) is 13.8. The zero-order valence-corrected chi connectivity index (χ0v) is 18.6. The van der Waals surface area contributed by atoms with E-state index in [-0.39, 0.29) is 30.3 Å². The van der Waals surface area contributed by atoms with Crippen molar-refractivity contribution in [3.05, 3.63) is 59.7 Å². The minimum atomic E-state index is -0.242. The van der Waals surface area contributed by atoms with Gasteiger partial charge in [-0.3, -0.25) is 14.4 Å². The molecule has 4 N–H and O–H groups in total. The Labute approximate surface area is 189 Å². The summed E-state index contributed by atoms with van der Waals surface area (Å²) in [5, 5.41) is 11.8. The molecule has 7 heteroatoms. The average molecular weight is 437 g/mol. The molecular formula is C25H32N4O3. The van der Waals surface area contributed by atoms with Gasteiger partial charge in [0.2, 0.25) is 5.91 Å². The Balaban J connectivity index is 1.51. The summed E-state index contributed by atoms with van der Waals surface area (Å²) in [6.07, 6.45) is 6.49. The fourth-order valence-corrected chi connectivity index (χ4v) is 3.75. The topological polar surface area (TPSA) is 99.3 Å². The van der Waals surface area contributed by atoms with Crippen molar-refractivity contribution in [3.8, 4) is 0 Å². The monoisotopic (exact) mass is 436 g/mol. The number of anilines is 2. The van der Waals surface area contributed by atoms with Crippen LogP contribution >= 0.6 is 0 Å². The molecule has 3 amide bonds. The Bertz CT molecular complexity index is 938. The van der Waals surface area contributed by atoms with E-state index >= 15 is 0 Å². The molecular weight excluding hydrogens is 404 g/mol. The lowest BCUT2D eigenvalue weighted by Gasteiger charge is -2.22. The van der Waals surface area contributed by atoms with Crippen molar-refractivity contribution >= 4 is 29.1 Å². The van der Waals surface area contributed by atoms with E-state index in [1.165, 1.54) is 6.42 Å². The molecule has 0 atom stereocenters. The maximum Gasteiger partial charge on any atom is 0.251 e. The van der Waals surface area contributed by atoms with Crippen molar-refractivity contribution in [1.82, 2.24) is 10.6 Å². The maximum absolute atomic E-state index is 12.5. The van der Waals surface area contributed by atoms with Crippen LogP contribution < -0.4 is 21.3 Å². The van der Waals surface area contributed by atoms with Crippen molar-refractivity contribution in [2.45, 2.75) is 51.5 Å². The van der Waals surface area contributed by atoms with Crippen LogP contribution in [0.1, 0.15) is 66.2 Å². The molecule has 3 rings (SSSR count). The van der Waals surface area contributed by atoms with E-state index in [0.29, 0.717) is 29.0 Å². The SMILES string of the molecule is CCCNC(=O)c1cccc(NC(=O)CNc2cccc(C(=O)NC3CCCCC3)c2)c1. The molecule has 0 aromatic heterocycles. The third-order valence-corrected chi connectivity index (χ3v) is 5.46. The Kier molecular flexibility index (Phi) is 8.66. The number of hydrogen-bond acceptors (Lipinski definition) is 4. The number of carbonyl (C=O) groups is 3. The average Bonchev–Trinajstić information content (AvgIpc) is 2.82. The molecule has 1 aliphatic rings. The fourth-order valence-electron chi connectivity index (χ4n) is 3.75. The summed E-state index contributed by atoms with van der Waals surface area (Å²) in [4.78, 5) is 37.0. The van der Waals surface area contributed by atoms with Crippen LogP contribution in [-0.2, 0) is 4.79 Å². The van der Waals surface area contributed by atoms with E-state index in [9.17, 15) is 14.4 Å². The van der Waals surface area contributed by atoms with Crippen molar-refractivity contribution < 1.29 is 14.4 Å². The number of hydrogen-bond donors (Lipinski definition) is 4. The lowest BCUT2D eigenvalue weighted by atomic mass is 9.95. The van der Waals surface area contributed by atoms with E-state index in [4.69, 9.17) is 0 Å². The van der Waals surface area contributed by atoms with Gasteiger partial charge in [0, 0.05) is 35.1 Å². The van der Waals surface area contributed by atoms with Gasteiger partial charge >= 0.3 is 0 Å². The highest BCUT2D eigenvalue weighted by molar-refractivity contribution is 5.98. The Morgan fingerprint density at radius 2 is 1.53 bits per heavy atom. The summed E-state index contributed by atoms with van der Waals surface area (Å²) in [5.74, 6) is -0.485. The first-order valence-electron chi connectivity index (χ1n) is 11.4. The van der Waals surface area contributed by atoms with Crippen molar-refractivity contribution in [1.29, 1.82) is 0 Å². The molecule has 0 heterocycles. The molecule has 0 aliphatic heterocycles. The van der Waals surface area contributed by atoms with E-state index in [1.54, 1.807) is 42.5 Å². The van der Waals surface area contributed by atoms with E-state index < -0.39 is 0 Å². The van der Waals surface area contributed by atoms with Gasteiger partial charge in [0.25, 0.3) is 11.8 Å². The van der Waals surface area contributed by atoms with Gasteiger partial charge in [0.05, 0.1) is 6.54 Å². The van der Waals surface area contributed by atoms with E-state index in [1.807, 2.05) is 13.0 Å². The first-order valence-corrected chi connectivity index (χ1v) is 11.4. The van der Waals surface area contributed by atoms with Gasteiger partial charge in [-0.1, -0.05) is 38.3 Å². The Morgan fingerprint density at radius 3 is 2.25 bits per heavy atom. The molecule has 0 bridgehead atoms. The molecule has 2 aromatic carbocycles. The summed E-state index contributed by atoms with van der Waals surface area (Å²) < 4.78 is 0. The van der Waals surface area contributed by atoms with Crippen molar-refractivity contribution in [3.63, 3.8) is 0 Å². The molecule has 1 aliphatic carbocycles. The first kappa shape index (κ1) is 23.3. The fraction of sp³-hybridized carbons (Fsp3) is 0.400. The molecule has 0 spiro atoms. The third-order valence-electron chi connectivity index (χ3n) is 5.46. The van der Waals surface area contributed by atoms with E-state index in [2.05, 4.69) is 21.3 Å². The second-order valence-corrected chi connectivity index (χ2v) is 8.13. The van der Waals surface area contributed by atoms with Crippen LogP contribution in [0.25, 0.3) is 0 Å². The number of rotatable bonds is 9. The zero-order valence-electron chi connectivity index (χ0n) is 18.6.